The fourth-order valence-electron chi connectivity index (χ4n) is 2.37. The molecule has 0 spiro atoms. The van der Waals surface area contributed by atoms with Crippen LogP contribution in [0.3, 0.4) is 0 Å². The Hall–Kier alpha value is -0.650. The van der Waals surface area contributed by atoms with E-state index in [-0.39, 0.29) is 18.2 Å². The minimum absolute atomic E-state index is 0.0295. The second-order valence-corrected chi connectivity index (χ2v) is 6.31. The molecule has 0 radical (unpaired) electrons. The first-order valence-electron chi connectivity index (χ1n) is 7.53. The van der Waals surface area contributed by atoms with E-state index in [1.54, 1.807) is 0 Å². The topological polar surface area (TPSA) is 70.8 Å². The van der Waals surface area contributed by atoms with Gasteiger partial charge in [0.05, 0.1) is 18.8 Å². The van der Waals surface area contributed by atoms with Gasteiger partial charge in [-0.2, -0.15) is 0 Å². The molecule has 0 aromatic carbocycles. The van der Waals surface area contributed by atoms with Crippen LogP contribution >= 0.6 is 0 Å². The minimum atomic E-state index is -0.607. The molecule has 2 atom stereocenters. The number of ether oxygens (including phenoxy) is 3. The van der Waals surface area contributed by atoms with E-state index in [4.69, 9.17) is 19.9 Å². The predicted molar refractivity (Wildman–Crippen MR) is 77.1 cm³/mol. The molecule has 0 amide bonds. The highest BCUT2D eigenvalue weighted by atomic mass is 16.7. The first-order chi connectivity index (χ1) is 9.32. The molecule has 1 fully saturated rings. The fourth-order valence-corrected chi connectivity index (χ4v) is 2.37. The Morgan fingerprint density at radius 3 is 2.45 bits per heavy atom. The van der Waals surface area contributed by atoms with Gasteiger partial charge in [0.25, 0.3) is 0 Å². The first-order valence-corrected chi connectivity index (χ1v) is 7.53. The van der Waals surface area contributed by atoms with Crippen LogP contribution in [0.5, 0.6) is 0 Å². The van der Waals surface area contributed by atoms with Gasteiger partial charge < -0.3 is 19.9 Å². The van der Waals surface area contributed by atoms with Crippen molar-refractivity contribution < 1.29 is 19.0 Å². The summed E-state index contributed by atoms with van der Waals surface area (Å²) in [5.41, 5.74) is 5.59. The summed E-state index contributed by atoms with van der Waals surface area (Å²) in [5.74, 6) is -0.391. The smallest absolute Gasteiger partial charge is 0.305 e. The van der Waals surface area contributed by atoms with Gasteiger partial charge in [-0.1, -0.05) is 13.8 Å². The lowest BCUT2D eigenvalue weighted by Crippen LogP contribution is -2.45. The summed E-state index contributed by atoms with van der Waals surface area (Å²) < 4.78 is 16.8. The molecule has 1 heterocycles. The van der Waals surface area contributed by atoms with E-state index in [0.717, 1.165) is 12.8 Å². The highest BCUT2D eigenvalue weighted by Crippen LogP contribution is 2.30. The Morgan fingerprint density at radius 1 is 1.30 bits per heavy atom. The van der Waals surface area contributed by atoms with Crippen LogP contribution in [0.4, 0.5) is 0 Å². The van der Waals surface area contributed by atoms with Crippen LogP contribution in [0.15, 0.2) is 0 Å². The van der Waals surface area contributed by atoms with E-state index in [2.05, 4.69) is 0 Å². The lowest BCUT2D eigenvalue weighted by atomic mass is 10.0. The van der Waals surface area contributed by atoms with Crippen molar-refractivity contribution in [3.63, 3.8) is 0 Å². The predicted octanol–water partition coefficient (Wildman–Crippen LogP) is 2.22. The molecule has 118 valence electrons. The minimum Gasteiger partial charge on any atom is -0.465 e. The van der Waals surface area contributed by atoms with E-state index >= 15 is 0 Å². The van der Waals surface area contributed by atoms with Gasteiger partial charge in [-0.3, -0.25) is 4.79 Å². The van der Waals surface area contributed by atoms with E-state index in [1.165, 1.54) is 0 Å². The van der Waals surface area contributed by atoms with Crippen molar-refractivity contribution in [2.75, 3.05) is 13.2 Å². The Balaban J connectivity index is 2.36. The molecule has 1 aliphatic heterocycles. The number of hydrogen-bond donors (Lipinski definition) is 1. The Kier molecular flexibility index (Phi) is 6.92. The van der Waals surface area contributed by atoms with Crippen LogP contribution < -0.4 is 5.73 Å². The molecule has 1 saturated heterocycles. The molecule has 0 aromatic rings. The second kappa shape index (κ2) is 7.96. The lowest BCUT2D eigenvalue weighted by Gasteiger charge is -2.40. The normalized spacial score (nSPS) is 25.7. The Labute approximate surface area is 122 Å². The lowest BCUT2D eigenvalue weighted by molar-refractivity contribution is -0.300. The van der Waals surface area contributed by atoms with Crippen molar-refractivity contribution >= 4 is 5.97 Å². The van der Waals surface area contributed by atoms with Crippen molar-refractivity contribution in [2.45, 2.75) is 71.4 Å². The zero-order valence-corrected chi connectivity index (χ0v) is 13.2. The molecule has 1 rings (SSSR count). The Bertz CT molecular complexity index is 304. The van der Waals surface area contributed by atoms with Gasteiger partial charge in [0, 0.05) is 12.8 Å². The third-order valence-corrected chi connectivity index (χ3v) is 3.16. The quantitative estimate of drug-likeness (QED) is 0.727. The zero-order valence-electron chi connectivity index (χ0n) is 13.2. The van der Waals surface area contributed by atoms with E-state index in [0.29, 0.717) is 31.9 Å². The van der Waals surface area contributed by atoms with Crippen LogP contribution in [0, 0.1) is 5.92 Å². The van der Waals surface area contributed by atoms with Crippen molar-refractivity contribution in [2.24, 2.45) is 11.7 Å². The number of rotatable bonds is 7. The van der Waals surface area contributed by atoms with Crippen LogP contribution in [0.25, 0.3) is 0 Å². The van der Waals surface area contributed by atoms with Gasteiger partial charge in [-0.25, -0.2) is 0 Å². The van der Waals surface area contributed by atoms with Gasteiger partial charge in [0.15, 0.2) is 5.79 Å². The van der Waals surface area contributed by atoms with Crippen molar-refractivity contribution in [3.05, 3.63) is 0 Å². The van der Waals surface area contributed by atoms with Crippen LogP contribution in [0.1, 0.15) is 53.4 Å². The number of nitrogens with two attached hydrogens (primary N) is 1. The van der Waals surface area contributed by atoms with Crippen molar-refractivity contribution in [1.82, 2.24) is 0 Å². The molecule has 0 aromatic heterocycles. The average molecular weight is 287 g/mol. The molecular weight excluding hydrogens is 258 g/mol. The molecule has 1 aliphatic rings. The van der Waals surface area contributed by atoms with Gasteiger partial charge in [-0.05, 0) is 39.2 Å². The summed E-state index contributed by atoms with van der Waals surface area (Å²) in [4.78, 5) is 11.6. The number of carbonyl (C=O) groups excluding carboxylic acids is 1. The first kappa shape index (κ1) is 17.4. The van der Waals surface area contributed by atoms with E-state index < -0.39 is 5.79 Å². The number of hydrogen-bond acceptors (Lipinski definition) is 5. The molecule has 0 aliphatic carbocycles. The van der Waals surface area contributed by atoms with Gasteiger partial charge in [0.2, 0.25) is 0 Å². The molecule has 5 heteroatoms. The van der Waals surface area contributed by atoms with Gasteiger partial charge in [0.1, 0.15) is 0 Å². The van der Waals surface area contributed by atoms with Crippen molar-refractivity contribution in [1.29, 1.82) is 0 Å². The molecule has 2 N–H and O–H groups in total. The average Bonchev–Trinajstić information content (AvgIpc) is 2.32. The summed E-state index contributed by atoms with van der Waals surface area (Å²) in [5, 5.41) is 0. The third kappa shape index (κ3) is 6.68. The zero-order chi connectivity index (χ0) is 15.2. The summed E-state index contributed by atoms with van der Waals surface area (Å²) in [6.45, 7) is 8.93. The monoisotopic (exact) mass is 287 g/mol. The number of esters is 1. The van der Waals surface area contributed by atoms with E-state index in [9.17, 15) is 4.79 Å². The second-order valence-electron chi connectivity index (χ2n) is 6.31. The molecule has 20 heavy (non-hydrogen) atoms. The van der Waals surface area contributed by atoms with Gasteiger partial charge in [-0.15, -0.1) is 0 Å². The van der Waals surface area contributed by atoms with Gasteiger partial charge >= 0.3 is 5.97 Å². The van der Waals surface area contributed by atoms with Crippen LogP contribution in [-0.2, 0) is 19.0 Å². The molecule has 0 saturated carbocycles. The summed E-state index contributed by atoms with van der Waals surface area (Å²) >= 11 is 0. The van der Waals surface area contributed by atoms with E-state index in [1.807, 2.05) is 27.7 Å². The molecule has 0 bridgehead atoms. The maximum atomic E-state index is 11.6. The van der Waals surface area contributed by atoms with Crippen molar-refractivity contribution in [3.8, 4) is 0 Å². The standard InChI is InChI=1S/C15H29NO4/c1-11(2)10-18-14(17)6-5-12-9-13(7-8-16)20-15(3,4)19-12/h11-13H,5-10,16H2,1-4H3/t12-,13+/m0/s1. The third-order valence-electron chi connectivity index (χ3n) is 3.16. The highest BCUT2D eigenvalue weighted by Gasteiger charge is 2.35. The highest BCUT2D eigenvalue weighted by molar-refractivity contribution is 5.69. The molecule has 0 unspecified atom stereocenters. The maximum Gasteiger partial charge on any atom is 0.305 e. The largest absolute Gasteiger partial charge is 0.465 e. The summed E-state index contributed by atoms with van der Waals surface area (Å²) in [6.07, 6.45) is 2.81. The Morgan fingerprint density at radius 2 is 1.90 bits per heavy atom. The fraction of sp³-hybridized carbons (Fsp3) is 0.933. The number of carbonyl (C=O) groups is 1. The molecular formula is C15H29NO4. The van der Waals surface area contributed by atoms with Crippen LogP contribution in [-0.4, -0.2) is 37.1 Å². The van der Waals surface area contributed by atoms with Crippen LogP contribution in [0.2, 0.25) is 0 Å². The summed E-state index contributed by atoms with van der Waals surface area (Å²) in [6, 6.07) is 0. The SMILES string of the molecule is CC(C)COC(=O)CC[C@H]1C[C@@H](CCN)OC(C)(C)O1. The molecule has 5 nitrogen and oxygen atoms in total. The maximum absolute atomic E-state index is 11.6. The summed E-state index contributed by atoms with van der Waals surface area (Å²) in [7, 11) is 0.